The van der Waals surface area contributed by atoms with Gasteiger partial charge in [-0.15, -0.1) is 0 Å². The second-order valence-electron chi connectivity index (χ2n) is 4.46. The number of carbonyl (C=O) groups excluding carboxylic acids is 1. The minimum atomic E-state index is -0.249. The molecular formula is C11H24N2O2. The number of hydrogen-bond acceptors (Lipinski definition) is 3. The average Bonchev–Trinajstić information content (AvgIpc) is 2.13. The quantitative estimate of drug-likeness (QED) is 0.622. The van der Waals surface area contributed by atoms with Crippen LogP contribution in [-0.2, 0) is 9.53 Å². The van der Waals surface area contributed by atoms with E-state index in [1.165, 1.54) is 0 Å². The molecule has 0 radical (unpaired) electrons. The number of ether oxygens (including phenoxy) is 1. The lowest BCUT2D eigenvalue weighted by Gasteiger charge is -2.18. The van der Waals surface area contributed by atoms with Crippen molar-refractivity contribution < 1.29 is 9.53 Å². The van der Waals surface area contributed by atoms with Crippen LogP contribution in [0.15, 0.2) is 0 Å². The monoisotopic (exact) mass is 216 g/mol. The van der Waals surface area contributed by atoms with Gasteiger partial charge in [0, 0.05) is 6.54 Å². The SMILES string of the molecule is CCNCCCNC(=O)COC(C)(C)C. The molecule has 0 saturated carbocycles. The third kappa shape index (κ3) is 11.3. The molecule has 0 heterocycles. The molecule has 90 valence electrons. The lowest BCUT2D eigenvalue weighted by molar-refractivity contribution is -0.130. The fraction of sp³-hybridized carbons (Fsp3) is 0.909. The van der Waals surface area contributed by atoms with Crippen LogP contribution in [0.3, 0.4) is 0 Å². The van der Waals surface area contributed by atoms with Gasteiger partial charge in [0.15, 0.2) is 0 Å². The van der Waals surface area contributed by atoms with Gasteiger partial charge in [-0.1, -0.05) is 6.92 Å². The summed E-state index contributed by atoms with van der Waals surface area (Å²) in [4.78, 5) is 11.3. The van der Waals surface area contributed by atoms with E-state index in [9.17, 15) is 4.79 Å². The Labute approximate surface area is 92.8 Å². The lowest BCUT2D eigenvalue weighted by atomic mass is 10.2. The molecule has 0 spiro atoms. The summed E-state index contributed by atoms with van der Waals surface area (Å²) in [6, 6.07) is 0. The van der Waals surface area contributed by atoms with Gasteiger partial charge in [0.05, 0.1) is 5.60 Å². The van der Waals surface area contributed by atoms with Gasteiger partial charge >= 0.3 is 0 Å². The van der Waals surface area contributed by atoms with Gasteiger partial charge in [0.2, 0.25) is 5.91 Å². The first kappa shape index (κ1) is 14.4. The third-order valence-corrected chi connectivity index (χ3v) is 1.74. The van der Waals surface area contributed by atoms with Crippen LogP contribution in [0.5, 0.6) is 0 Å². The molecule has 4 nitrogen and oxygen atoms in total. The molecule has 15 heavy (non-hydrogen) atoms. The minimum Gasteiger partial charge on any atom is -0.366 e. The summed E-state index contributed by atoms with van der Waals surface area (Å²) in [6.45, 7) is 10.6. The highest BCUT2D eigenvalue weighted by Gasteiger charge is 2.12. The highest BCUT2D eigenvalue weighted by atomic mass is 16.5. The molecule has 0 aromatic carbocycles. The van der Waals surface area contributed by atoms with Crippen LogP contribution in [0, 0.1) is 0 Å². The van der Waals surface area contributed by atoms with E-state index in [4.69, 9.17) is 4.74 Å². The van der Waals surface area contributed by atoms with Gasteiger partial charge in [-0.25, -0.2) is 0 Å². The normalized spacial score (nSPS) is 11.5. The molecule has 0 saturated heterocycles. The molecular weight excluding hydrogens is 192 g/mol. The molecule has 0 bridgehead atoms. The molecule has 4 heteroatoms. The number of rotatable bonds is 7. The van der Waals surface area contributed by atoms with E-state index < -0.39 is 0 Å². The molecule has 0 unspecified atom stereocenters. The Bertz CT molecular complexity index is 176. The van der Waals surface area contributed by atoms with Gasteiger partial charge in [0.25, 0.3) is 0 Å². The van der Waals surface area contributed by atoms with E-state index in [1.54, 1.807) is 0 Å². The largest absolute Gasteiger partial charge is 0.366 e. The molecule has 0 fully saturated rings. The van der Waals surface area contributed by atoms with Crippen molar-refractivity contribution in [2.24, 2.45) is 0 Å². The zero-order chi connectivity index (χ0) is 11.7. The highest BCUT2D eigenvalue weighted by molar-refractivity contribution is 5.77. The van der Waals surface area contributed by atoms with E-state index in [2.05, 4.69) is 17.6 Å². The van der Waals surface area contributed by atoms with E-state index in [1.807, 2.05) is 20.8 Å². The van der Waals surface area contributed by atoms with Gasteiger partial charge in [-0.05, 0) is 40.3 Å². The van der Waals surface area contributed by atoms with Crippen molar-refractivity contribution >= 4 is 5.91 Å². The summed E-state index contributed by atoms with van der Waals surface area (Å²) < 4.78 is 5.34. The molecule has 0 aromatic rings. The fourth-order valence-corrected chi connectivity index (χ4v) is 0.951. The second kappa shape index (κ2) is 7.65. The predicted molar refractivity (Wildman–Crippen MR) is 61.9 cm³/mol. The Morgan fingerprint density at radius 1 is 1.27 bits per heavy atom. The lowest BCUT2D eigenvalue weighted by Crippen LogP contribution is -2.33. The van der Waals surface area contributed by atoms with E-state index in [-0.39, 0.29) is 18.1 Å². The topological polar surface area (TPSA) is 50.4 Å². The number of hydrogen-bond donors (Lipinski definition) is 2. The summed E-state index contributed by atoms with van der Waals surface area (Å²) >= 11 is 0. The van der Waals surface area contributed by atoms with Crippen LogP contribution < -0.4 is 10.6 Å². The maximum absolute atomic E-state index is 11.3. The van der Waals surface area contributed by atoms with Gasteiger partial charge < -0.3 is 15.4 Å². The van der Waals surface area contributed by atoms with Gasteiger partial charge in [0.1, 0.15) is 6.61 Å². The summed E-state index contributed by atoms with van der Waals surface area (Å²) in [5.74, 6) is -0.0403. The van der Waals surface area contributed by atoms with E-state index >= 15 is 0 Å². The average molecular weight is 216 g/mol. The smallest absolute Gasteiger partial charge is 0.246 e. The standard InChI is InChI=1S/C11H24N2O2/c1-5-12-7-6-8-13-10(14)9-15-11(2,3)4/h12H,5-9H2,1-4H3,(H,13,14). The van der Waals surface area contributed by atoms with Gasteiger partial charge in [-0.3, -0.25) is 4.79 Å². The minimum absolute atomic E-state index is 0.0403. The van der Waals surface area contributed by atoms with Crippen LogP contribution in [0.1, 0.15) is 34.1 Å². The molecule has 0 rings (SSSR count). The second-order valence-corrected chi connectivity index (χ2v) is 4.46. The molecule has 0 aromatic heterocycles. The predicted octanol–water partition coefficient (Wildman–Crippen LogP) is 0.917. The fourth-order valence-electron chi connectivity index (χ4n) is 0.951. The maximum atomic E-state index is 11.3. The zero-order valence-corrected chi connectivity index (χ0v) is 10.4. The van der Waals surface area contributed by atoms with Crippen LogP contribution >= 0.6 is 0 Å². The summed E-state index contributed by atoms with van der Waals surface area (Å²) in [5.41, 5.74) is -0.249. The van der Waals surface area contributed by atoms with Crippen LogP contribution in [0.4, 0.5) is 0 Å². The first-order valence-electron chi connectivity index (χ1n) is 5.57. The Morgan fingerprint density at radius 2 is 1.93 bits per heavy atom. The summed E-state index contributed by atoms with van der Waals surface area (Å²) in [5, 5.41) is 6.01. The van der Waals surface area contributed by atoms with Crippen LogP contribution in [-0.4, -0.2) is 37.7 Å². The molecule has 0 aliphatic heterocycles. The van der Waals surface area contributed by atoms with Gasteiger partial charge in [-0.2, -0.15) is 0 Å². The summed E-state index contributed by atoms with van der Waals surface area (Å²) in [7, 11) is 0. The summed E-state index contributed by atoms with van der Waals surface area (Å²) in [6.07, 6.45) is 0.953. The first-order chi connectivity index (χ1) is 6.95. The Hall–Kier alpha value is -0.610. The molecule has 0 aliphatic carbocycles. The Kier molecular flexibility index (Phi) is 7.34. The van der Waals surface area contributed by atoms with Crippen molar-refractivity contribution in [1.82, 2.24) is 10.6 Å². The number of amides is 1. The van der Waals surface area contributed by atoms with Crippen molar-refractivity contribution in [2.75, 3.05) is 26.2 Å². The van der Waals surface area contributed by atoms with E-state index in [0.717, 1.165) is 19.5 Å². The third-order valence-electron chi connectivity index (χ3n) is 1.74. The molecule has 1 amide bonds. The van der Waals surface area contributed by atoms with E-state index in [0.29, 0.717) is 6.54 Å². The maximum Gasteiger partial charge on any atom is 0.246 e. The van der Waals surface area contributed by atoms with Crippen molar-refractivity contribution in [3.63, 3.8) is 0 Å². The molecule has 0 aliphatic rings. The highest BCUT2D eigenvalue weighted by Crippen LogP contribution is 2.05. The van der Waals surface area contributed by atoms with Crippen molar-refractivity contribution in [3.05, 3.63) is 0 Å². The van der Waals surface area contributed by atoms with Crippen molar-refractivity contribution in [1.29, 1.82) is 0 Å². The van der Waals surface area contributed by atoms with Crippen LogP contribution in [0.2, 0.25) is 0 Å². The number of carbonyl (C=O) groups is 1. The first-order valence-corrected chi connectivity index (χ1v) is 5.57. The Morgan fingerprint density at radius 3 is 2.47 bits per heavy atom. The number of nitrogens with one attached hydrogen (secondary N) is 2. The van der Waals surface area contributed by atoms with Crippen molar-refractivity contribution in [2.45, 2.75) is 39.7 Å². The van der Waals surface area contributed by atoms with Crippen molar-refractivity contribution in [3.8, 4) is 0 Å². The van der Waals surface area contributed by atoms with Crippen LogP contribution in [0.25, 0.3) is 0 Å². The molecule has 0 atom stereocenters. The zero-order valence-electron chi connectivity index (χ0n) is 10.4. The molecule has 2 N–H and O–H groups in total. The Balaban J connectivity index is 3.34.